The summed E-state index contributed by atoms with van der Waals surface area (Å²) in [6.07, 6.45) is 20.8. The van der Waals surface area contributed by atoms with Gasteiger partial charge in [0.25, 0.3) is 0 Å². The van der Waals surface area contributed by atoms with Crippen LogP contribution in [-0.2, 0) is 6.42 Å². The fourth-order valence-electron chi connectivity index (χ4n) is 6.10. The van der Waals surface area contributed by atoms with Gasteiger partial charge in [0.05, 0.1) is 0 Å². The molecule has 3 aromatic rings. The third kappa shape index (κ3) is 11.9. The fraction of sp³-hybridized carbons (Fsp3) is 0.579. The van der Waals surface area contributed by atoms with Crippen LogP contribution in [0.5, 0.6) is 5.75 Å². The SMILES string of the molecule is CCCCCCCCc1ccc(-c2ccc(-c3ncc(OCCCCCCC[CH2][Ge]([CH2]C)([CH2]C)[CH2]C)cn3)cc2)cc1. The van der Waals surface area contributed by atoms with Crippen LogP contribution in [0.15, 0.2) is 60.9 Å². The molecule has 0 saturated heterocycles. The normalized spacial score (nSPS) is 11.6. The Kier molecular flexibility index (Phi) is 16.3. The van der Waals surface area contributed by atoms with Gasteiger partial charge in [-0.05, 0) is 29.5 Å². The summed E-state index contributed by atoms with van der Waals surface area (Å²) < 4.78 is 5.93. The number of benzene rings is 2. The minimum Gasteiger partial charge on any atom is -0.0584 e. The van der Waals surface area contributed by atoms with Crippen LogP contribution in [0.2, 0.25) is 21.0 Å². The quantitative estimate of drug-likeness (QED) is 0.0818. The molecule has 0 N–H and O–H groups in total. The van der Waals surface area contributed by atoms with Crippen molar-refractivity contribution in [2.75, 3.05) is 6.61 Å². The summed E-state index contributed by atoms with van der Waals surface area (Å²) >= 11 is -1.45. The van der Waals surface area contributed by atoms with E-state index in [-0.39, 0.29) is 0 Å². The summed E-state index contributed by atoms with van der Waals surface area (Å²) in [5, 5.41) is 6.11. The fourth-order valence-corrected chi connectivity index (χ4v) is 13.6. The first-order valence-electron chi connectivity index (χ1n) is 17.3. The van der Waals surface area contributed by atoms with Crippen LogP contribution >= 0.6 is 0 Å². The van der Waals surface area contributed by atoms with Gasteiger partial charge in [-0.15, -0.1) is 0 Å². The first kappa shape index (κ1) is 34.4. The maximum atomic E-state index is 5.93. The number of hydrogen-bond acceptors (Lipinski definition) is 3. The molecule has 0 atom stereocenters. The van der Waals surface area contributed by atoms with Gasteiger partial charge in [-0.3, -0.25) is 0 Å². The summed E-state index contributed by atoms with van der Waals surface area (Å²) in [6, 6.07) is 17.7. The van der Waals surface area contributed by atoms with Crippen LogP contribution < -0.4 is 4.74 Å². The maximum absolute atomic E-state index is 5.93. The van der Waals surface area contributed by atoms with Gasteiger partial charge in [0.15, 0.2) is 5.82 Å². The van der Waals surface area contributed by atoms with Crippen molar-refractivity contribution < 1.29 is 4.74 Å². The van der Waals surface area contributed by atoms with Crippen molar-refractivity contribution in [3.63, 3.8) is 0 Å². The first-order chi connectivity index (χ1) is 20.6. The van der Waals surface area contributed by atoms with E-state index < -0.39 is 13.3 Å². The Bertz CT molecular complexity index is 1080. The van der Waals surface area contributed by atoms with Crippen molar-refractivity contribution in [3.8, 4) is 28.3 Å². The number of hydrogen-bond donors (Lipinski definition) is 0. The predicted molar refractivity (Wildman–Crippen MR) is 185 cm³/mol. The van der Waals surface area contributed by atoms with Gasteiger partial charge < -0.3 is 0 Å². The van der Waals surface area contributed by atoms with E-state index in [1.165, 1.54) is 110 Å². The first-order valence-corrected chi connectivity index (χ1v) is 23.2. The van der Waals surface area contributed by atoms with Crippen molar-refractivity contribution in [1.29, 1.82) is 0 Å². The monoisotopic (exact) mass is 632 g/mol. The molecule has 0 saturated carbocycles. The zero-order valence-electron chi connectivity index (χ0n) is 27.3. The minimum atomic E-state index is -1.45. The molecule has 0 aliphatic rings. The number of ether oxygens (including phenoxy) is 1. The summed E-state index contributed by atoms with van der Waals surface area (Å²) in [7, 11) is 0. The Morgan fingerprint density at radius 1 is 0.548 bits per heavy atom. The summed E-state index contributed by atoms with van der Waals surface area (Å²) in [5.74, 6) is 1.50. The molecule has 0 amide bonds. The van der Waals surface area contributed by atoms with E-state index in [1.54, 1.807) is 5.25 Å². The second-order valence-corrected chi connectivity index (χ2v) is 24.1. The molecule has 0 aliphatic heterocycles. The number of aromatic nitrogens is 2. The second kappa shape index (κ2) is 19.9. The molecule has 230 valence electrons. The zero-order chi connectivity index (χ0) is 29.9. The van der Waals surface area contributed by atoms with E-state index in [1.807, 2.05) is 12.4 Å². The molecule has 0 unspecified atom stereocenters. The van der Waals surface area contributed by atoms with Gasteiger partial charge >= 0.3 is 133 Å². The van der Waals surface area contributed by atoms with Gasteiger partial charge in [-0.25, -0.2) is 0 Å². The van der Waals surface area contributed by atoms with Crippen LogP contribution in [0.25, 0.3) is 22.5 Å². The third-order valence-electron chi connectivity index (χ3n) is 9.50. The number of rotatable bonds is 22. The molecular weight excluding hydrogens is 573 g/mol. The Morgan fingerprint density at radius 3 is 1.64 bits per heavy atom. The number of unbranched alkanes of at least 4 members (excludes halogenated alkanes) is 10. The van der Waals surface area contributed by atoms with Crippen LogP contribution in [0, 0.1) is 0 Å². The van der Waals surface area contributed by atoms with Crippen molar-refractivity contribution in [2.24, 2.45) is 0 Å². The van der Waals surface area contributed by atoms with Gasteiger partial charge in [0.2, 0.25) is 0 Å². The predicted octanol–water partition coefficient (Wildman–Crippen LogP) is 11.9. The Balaban J connectivity index is 1.33. The van der Waals surface area contributed by atoms with Crippen LogP contribution in [-0.4, -0.2) is 29.8 Å². The molecule has 0 bridgehead atoms. The van der Waals surface area contributed by atoms with Gasteiger partial charge in [0, 0.05) is 5.56 Å². The van der Waals surface area contributed by atoms with Crippen molar-refractivity contribution >= 4 is 13.3 Å². The Labute approximate surface area is 260 Å². The molecule has 2 aromatic carbocycles. The molecule has 1 heterocycles. The van der Waals surface area contributed by atoms with E-state index >= 15 is 0 Å². The average Bonchev–Trinajstić information content (AvgIpc) is 3.05. The van der Waals surface area contributed by atoms with E-state index in [9.17, 15) is 0 Å². The van der Waals surface area contributed by atoms with E-state index in [4.69, 9.17) is 4.74 Å². The summed E-state index contributed by atoms with van der Waals surface area (Å²) in [4.78, 5) is 9.15. The summed E-state index contributed by atoms with van der Waals surface area (Å²) in [5.41, 5.74) is 4.95. The molecule has 4 heteroatoms. The molecule has 0 radical (unpaired) electrons. The van der Waals surface area contributed by atoms with Gasteiger partial charge in [0.1, 0.15) is 0 Å². The molecule has 3 nitrogen and oxygen atoms in total. The summed E-state index contributed by atoms with van der Waals surface area (Å²) in [6.45, 7) is 10.4. The van der Waals surface area contributed by atoms with E-state index in [0.717, 1.165) is 30.2 Å². The molecule has 0 spiro atoms. The molecule has 42 heavy (non-hydrogen) atoms. The zero-order valence-corrected chi connectivity index (χ0v) is 29.4. The smallest absolute Gasteiger partial charge is 0.0584 e. The average molecular weight is 632 g/mol. The molecule has 0 aliphatic carbocycles. The second-order valence-electron chi connectivity index (χ2n) is 12.3. The van der Waals surface area contributed by atoms with Crippen LogP contribution in [0.4, 0.5) is 0 Å². The topological polar surface area (TPSA) is 35.0 Å². The standard InChI is InChI=1S/C38H58GeN2O/c1-5-9-10-11-14-17-20-33-21-23-34(24-22-33)35-25-27-36(28-26-35)38-40-31-37(32-41-38)42-30-19-16-13-12-15-18-29-39(6-2,7-3)8-4/h21-28,31-32H,5-20,29-30H2,1-4H3. The molecular formula is C38H58GeN2O. The van der Waals surface area contributed by atoms with Gasteiger partial charge in [-0.1, -0.05) is 87.6 Å². The van der Waals surface area contributed by atoms with E-state index in [2.05, 4.69) is 86.2 Å². The van der Waals surface area contributed by atoms with Crippen molar-refractivity contribution in [1.82, 2.24) is 9.97 Å². The third-order valence-corrected chi connectivity index (χ3v) is 21.9. The van der Waals surface area contributed by atoms with Crippen LogP contribution in [0.3, 0.4) is 0 Å². The molecule has 3 rings (SSSR count). The van der Waals surface area contributed by atoms with Crippen LogP contribution in [0.1, 0.15) is 110 Å². The number of nitrogens with zero attached hydrogens (tertiary/aromatic N) is 2. The van der Waals surface area contributed by atoms with Crippen molar-refractivity contribution in [3.05, 3.63) is 66.5 Å². The van der Waals surface area contributed by atoms with E-state index in [0.29, 0.717) is 0 Å². The molecule has 1 aromatic heterocycles. The Morgan fingerprint density at radius 2 is 1.05 bits per heavy atom. The number of aryl methyl sites for hydroxylation is 1. The minimum absolute atomic E-state index is 0.741. The van der Waals surface area contributed by atoms with Gasteiger partial charge in [-0.2, -0.15) is 0 Å². The van der Waals surface area contributed by atoms with Crippen molar-refractivity contribution in [2.45, 2.75) is 132 Å². The Hall–Kier alpha value is -2.14. The molecule has 0 fully saturated rings.